The number of carbonyl (C=O) groups is 1. The molecule has 0 bridgehead atoms. The Morgan fingerprint density at radius 3 is 2.81 bits per heavy atom. The molecule has 2 heteroatoms. The Morgan fingerprint density at radius 2 is 2.12 bits per heavy atom. The van der Waals surface area contributed by atoms with E-state index in [1.54, 1.807) is 0 Å². The van der Waals surface area contributed by atoms with Crippen LogP contribution in [0.3, 0.4) is 0 Å². The van der Waals surface area contributed by atoms with Crippen LogP contribution in [0.25, 0.3) is 10.9 Å². The molecule has 1 fully saturated rings. The first-order valence-corrected chi connectivity index (χ1v) is 5.93. The normalized spacial score (nSPS) is 15.6. The summed E-state index contributed by atoms with van der Waals surface area (Å²) >= 11 is 0. The number of aromatic nitrogens is 1. The number of para-hydroxylation sites is 1. The molecule has 0 N–H and O–H groups in total. The third-order valence-electron chi connectivity index (χ3n) is 3.34. The van der Waals surface area contributed by atoms with Crippen molar-refractivity contribution in [1.82, 2.24) is 4.57 Å². The number of hydrogen-bond acceptors (Lipinski definition) is 1. The number of benzene rings is 1. The largest absolute Gasteiger partial charge is 0.347 e. The fourth-order valence-electron chi connectivity index (χ4n) is 2.27. The van der Waals surface area contributed by atoms with Crippen molar-refractivity contribution < 1.29 is 4.79 Å². The molecule has 2 aromatic rings. The van der Waals surface area contributed by atoms with Gasteiger partial charge in [-0.15, -0.1) is 0 Å². The number of aryl methyl sites for hydroxylation is 1. The molecule has 0 saturated heterocycles. The third kappa shape index (κ3) is 1.37. The molecule has 1 aromatic heterocycles. The van der Waals surface area contributed by atoms with Crippen molar-refractivity contribution in [3.05, 3.63) is 36.0 Å². The van der Waals surface area contributed by atoms with Crippen LogP contribution in [0.5, 0.6) is 0 Å². The summed E-state index contributed by atoms with van der Waals surface area (Å²) in [6.07, 6.45) is 4.17. The summed E-state index contributed by atoms with van der Waals surface area (Å²) < 4.78 is 2.16. The molecule has 2 nitrogen and oxygen atoms in total. The molecule has 1 saturated carbocycles. The molecule has 0 atom stereocenters. The van der Waals surface area contributed by atoms with Gasteiger partial charge in [-0.1, -0.05) is 18.2 Å². The second-order valence-electron chi connectivity index (χ2n) is 4.48. The van der Waals surface area contributed by atoms with Gasteiger partial charge in [0.05, 0.1) is 0 Å². The van der Waals surface area contributed by atoms with E-state index in [-0.39, 0.29) is 0 Å². The quantitative estimate of drug-likeness (QED) is 0.717. The summed E-state index contributed by atoms with van der Waals surface area (Å²) in [7, 11) is 0. The second-order valence-corrected chi connectivity index (χ2v) is 4.48. The lowest BCUT2D eigenvalue weighted by Gasteiger charge is -1.97. The molecule has 0 spiro atoms. The summed E-state index contributed by atoms with van der Waals surface area (Å²) in [5, 5.41) is 1.11. The molecule has 1 aliphatic rings. The van der Waals surface area contributed by atoms with E-state index < -0.39 is 0 Å². The molecule has 1 aromatic carbocycles. The van der Waals surface area contributed by atoms with Crippen LogP contribution in [-0.4, -0.2) is 10.4 Å². The highest BCUT2D eigenvalue weighted by atomic mass is 16.1. The van der Waals surface area contributed by atoms with Crippen LogP contribution in [0, 0.1) is 5.92 Å². The van der Waals surface area contributed by atoms with E-state index in [0.717, 1.165) is 30.3 Å². The zero-order valence-corrected chi connectivity index (χ0v) is 9.44. The van der Waals surface area contributed by atoms with Gasteiger partial charge in [0, 0.05) is 35.1 Å². The predicted octanol–water partition coefficient (Wildman–Crippen LogP) is 3.25. The maximum absolute atomic E-state index is 12.1. The van der Waals surface area contributed by atoms with Gasteiger partial charge >= 0.3 is 0 Å². The van der Waals surface area contributed by atoms with Crippen LogP contribution < -0.4 is 0 Å². The van der Waals surface area contributed by atoms with Crippen molar-refractivity contribution in [1.29, 1.82) is 0 Å². The number of carbonyl (C=O) groups excluding carboxylic acids is 1. The molecule has 82 valence electrons. The summed E-state index contributed by atoms with van der Waals surface area (Å²) in [6.45, 7) is 3.02. The molecular weight excluding hydrogens is 198 g/mol. The minimum atomic E-state index is 0.302. The third-order valence-corrected chi connectivity index (χ3v) is 3.34. The highest BCUT2D eigenvalue weighted by molar-refractivity contribution is 6.09. The maximum atomic E-state index is 12.1. The fourth-order valence-corrected chi connectivity index (χ4v) is 2.27. The molecule has 3 rings (SSSR count). The van der Waals surface area contributed by atoms with E-state index in [0.29, 0.717) is 11.7 Å². The van der Waals surface area contributed by atoms with E-state index in [4.69, 9.17) is 0 Å². The summed E-state index contributed by atoms with van der Waals surface area (Å²) in [5.41, 5.74) is 2.09. The Hall–Kier alpha value is -1.57. The SMILES string of the molecule is CCn1cc(C(=O)C2CC2)c2ccccc21. The van der Waals surface area contributed by atoms with Crippen molar-refractivity contribution >= 4 is 16.7 Å². The molecule has 1 heterocycles. The summed E-state index contributed by atoms with van der Waals surface area (Å²) in [5.74, 6) is 0.638. The maximum Gasteiger partial charge on any atom is 0.168 e. The van der Waals surface area contributed by atoms with E-state index in [2.05, 4.69) is 23.6 Å². The smallest absolute Gasteiger partial charge is 0.168 e. The van der Waals surface area contributed by atoms with E-state index in [1.165, 1.54) is 5.52 Å². The monoisotopic (exact) mass is 213 g/mol. The number of fused-ring (bicyclic) bond motifs is 1. The van der Waals surface area contributed by atoms with E-state index >= 15 is 0 Å². The Kier molecular flexibility index (Phi) is 2.10. The Balaban J connectivity index is 2.20. The molecule has 16 heavy (non-hydrogen) atoms. The van der Waals surface area contributed by atoms with Crippen molar-refractivity contribution in [3.8, 4) is 0 Å². The highest BCUT2D eigenvalue weighted by Crippen LogP contribution is 2.35. The van der Waals surface area contributed by atoms with Crippen molar-refractivity contribution in [2.75, 3.05) is 0 Å². The molecular formula is C14H15NO. The van der Waals surface area contributed by atoms with Gasteiger partial charge in [-0.3, -0.25) is 4.79 Å². The van der Waals surface area contributed by atoms with Gasteiger partial charge < -0.3 is 4.57 Å². The van der Waals surface area contributed by atoms with Gasteiger partial charge in [0.25, 0.3) is 0 Å². The fraction of sp³-hybridized carbons (Fsp3) is 0.357. The van der Waals surface area contributed by atoms with Gasteiger partial charge in [0.2, 0.25) is 0 Å². The zero-order chi connectivity index (χ0) is 11.1. The first kappa shape index (κ1) is 9.64. The summed E-state index contributed by atoms with van der Waals surface area (Å²) in [6, 6.07) is 8.17. The minimum Gasteiger partial charge on any atom is -0.347 e. The molecule has 1 aliphatic carbocycles. The lowest BCUT2D eigenvalue weighted by Crippen LogP contribution is -2.00. The first-order chi connectivity index (χ1) is 7.81. The molecule has 0 amide bonds. The van der Waals surface area contributed by atoms with Gasteiger partial charge in [0.1, 0.15) is 0 Å². The highest BCUT2D eigenvalue weighted by Gasteiger charge is 2.32. The van der Waals surface area contributed by atoms with Crippen LogP contribution in [0.4, 0.5) is 0 Å². The lowest BCUT2D eigenvalue weighted by molar-refractivity contribution is 0.0969. The Labute approximate surface area is 94.9 Å². The number of rotatable bonds is 3. The standard InChI is InChI=1S/C14H15NO/c1-2-15-9-12(14(16)10-7-8-10)11-5-3-4-6-13(11)15/h3-6,9-10H,2,7-8H2,1H3. The van der Waals surface area contributed by atoms with Gasteiger partial charge in [-0.05, 0) is 25.8 Å². The summed E-state index contributed by atoms with van der Waals surface area (Å²) in [4.78, 5) is 12.1. The minimum absolute atomic E-state index is 0.302. The zero-order valence-electron chi connectivity index (χ0n) is 9.44. The topological polar surface area (TPSA) is 22.0 Å². The van der Waals surface area contributed by atoms with E-state index in [1.807, 2.05) is 18.3 Å². The van der Waals surface area contributed by atoms with Crippen molar-refractivity contribution in [2.45, 2.75) is 26.3 Å². The van der Waals surface area contributed by atoms with Gasteiger partial charge in [-0.2, -0.15) is 0 Å². The predicted molar refractivity (Wildman–Crippen MR) is 64.7 cm³/mol. The lowest BCUT2D eigenvalue weighted by atomic mass is 10.1. The average Bonchev–Trinajstić information content (AvgIpc) is 3.09. The number of ketones is 1. The first-order valence-electron chi connectivity index (χ1n) is 5.93. The number of hydrogen-bond donors (Lipinski definition) is 0. The van der Waals surface area contributed by atoms with E-state index in [9.17, 15) is 4.79 Å². The molecule has 0 unspecified atom stereocenters. The van der Waals surface area contributed by atoms with Gasteiger partial charge in [-0.25, -0.2) is 0 Å². The second kappa shape index (κ2) is 3.48. The molecule has 0 radical (unpaired) electrons. The molecule has 0 aliphatic heterocycles. The Bertz CT molecular complexity index is 549. The van der Waals surface area contributed by atoms with Crippen LogP contribution in [0.2, 0.25) is 0 Å². The van der Waals surface area contributed by atoms with Crippen LogP contribution in [0.1, 0.15) is 30.1 Å². The van der Waals surface area contributed by atoms with Crippen molar-refractivity contribution in [3.63, 3.8) is 0 Å². The number of Topliss-reactive ketones (excluding diaryl/α,β-unsaturated/α-hetero) is 1. The Morgan fingerprint density at radius 1 is 1.38 bits per heavy atom. The number of nitrogens with zero attached hydrogens (tertiary/aromatic N) is 1. The average molecular weight is 213 g/mol. The van der Waals surface area contributed by atoms with Crippen molar-refractivity contribution in [2.24, 2.45) is 5.92 Å². The van der Waals surface area contributed by atoms with Crippen LogP contribution in [-0.2, 0) is 6.54 Å². The van der Waals surface area contributed by atoms with Gasteiger partial charge in [0.15, 0.2) is 5.78 Å². The van der Waals surface area contributed by atoms with Crippen LogP contribution >= 0.6 is 0 Å². The van der Waals surface area contributed by atoms with Crippen LogP contribution in [0.15, 0.2) is 30.5 Å².